The Hall–Kier alpha value is -4.32. The van der Waals surface area contributed by atoms with Gasteiger partial charge in [0, 0.05) is 46.6 Å². The number of rotatable bonds is 9. The number of hydrogen-bond donors (Lipinski definition) is 0. The zero-order chi connectivity index (χ0) is 29.4. The minimum Gasteiger partial charge on any atom is -0.456 e. The molecule has 0 unspecified atom stereocenters. The summed E-state index contributed by atoms with van der Waals surface area (Å²) in [5.41, 5.74) is 4.82. The number of fused-ring (bicyclic) bond motifs is 8. The van der Waals surface area contributed by atoms with Gasteiger partial charge in [0.2, 0.25) is 5.89 Å². The van der Waals surface area contributed by atoms with E-state index in [4.69, 9.17) is 18.6 Å². The summed E-state index contributed by atoms with van der Waals surface area (Å²) < 4.78 is 18.5. The average molecular weight is 563 g/mol. The molecule has 4 aromatic carbocycles. The van der Waals surface area contributed by atoms with Crippen LogP contribution in [0.1, 0.15) is 70.7 Å². The summed E-state index contributed by atoms with van der Waals surface area (Å²) in [6.07, 6.45) is 4.65. The minimum absolute atomic E-state index is 0.357. The lowest BCUT2D eigenvalue weighted by Gasteiger charge is -2.24. The second-order valence-electron chi connectivity index (χ2n) is 12.0. The van der Waals surface area contributed by atoms with Crippen molar-refractivity contribution in [2.75, 3.05) is 18.0 Å². The van der Waals surface area contributed by atoms with Crippen LogP contribution in [0, 0.1) is 0 Å². The lowest BCUT2D eigenvalue weighted by molar-refractivity contribution is 0.00695. The predicted octanol–water partition coefficient (Wildman–Crippen LogP) is 9.91. The number of unbranched alkanes of at least 4 members (excludes halogenated alkanes) is 2. The molecule has 0 aliphatic rings. The summed E-state index contributed by atoms with van der Waals surface area (Å²) in [5, 5.41) is 4.20. The van der Waals surface area contributed by atoms with Crippen LogP contribution in [-0.4, -0.2) is 29.6 Å². The van der Waals surface area contributed by atoms with Crippen molar-refractivity contribution in [2.24, 2.45) is 0 Å². The van der Waals surface area contributed by atoms with Crippen molar-refractivity contribution in [3.8, 4) is 11.5 Å². The maximum atomic E-state index is 12.5. The fraction of sp³-hybridized carbons (Fsp3) is 0.333. The summed E-state index contributed by atoms with van der Waals surface area (Å²) in [4.78, 5) is 19.9. The quantitative estimate of drug-likeness (QED) is 0.163. The lowest BCUT2D eigenvalue weighted by Crippen LogP contribution is -2.25. The normalized spacial score (nSPS) is 12.1. The summed E-state index contributed by atoms with van der Waals surface area (Å²) in [6.45, 7) is 12.1. The molecule has 0 saturated carbocycles. The van der Waals surface area contributed by atoms with Crippen molar-refractivity contribution in [3.05, 3.63) is 72.3 Å². The second-order valence-corrected chi connectivity index (χ2v) is 12.0. The highest BCUT2D eigenvalue weighted by Crippen LogP contribution is 2.42. The molecule has 0 bridgehead atoms. The third kappa shape index (κ3) is 5.22. The Labute approximate surface area is 246 Å². The van der Waals surface area contributed by atoms with Gasteiger partial charge in [0.1, 0.15) is 16.7 Å². The summed E-state index contributed by atoms with van der Waals surface area (Å²) in [6, 6.07) is 22.0. The smallest absolute Gasteiger partial charge is 0.338 e. The number of esters is 1. The Bertz CT molecular complexity index is 1880. The summed E-state index contributed by atoms with van der Waals surface area (Å²) >= 11 is 0. The van der Waals surface area contributed by atoms with Gasteiger partial charge in [0.15, 0.2) is 11.2 Å². The number of ether oxygens (including phenoxy) is 1. The Morgan fingerprint density at radius 2 is 1.52 bits per heavy atom. The van der Waals surface area contributed by atoms with Crippen LogP contribution < -0.4 is 4.90 Å². The molecule has 0 aliphatic carbocycles. The van der Waals surface area contributed by atoms with Gasteiger partial charge < -0.3 is 18.5 Å². The number of anilines is 1. The Kier molecular flexibility index (Phi) is 7.40. The van der Waals surface area contributed by atoms with Gasteiger partial charge in [-0.2, -0.15) is 0 Å². The molecule has 0 N–H and O–H groups in total. The number of carbonyl (C=O) groups is 1. The fourth-order valence-corrected chi connectivity index (χ4v) is 5.55. The van der Waals surface area contributed by atoms with E-state index in [1.54, 1.807) is 12.1 Å². The van der Waals surface area contributed by atoms with E-state index in [-0.39, 0.29) is 5.97 Å². The average Bonchev–Trinajstić information content (AvgIpc) is 3.59. The van der Waals surface area contributed by atoms with Gasteiger partial charge in [-0.25, -0.2) is 9.78 Å². The summed E-state index contributed by atoms with van der Waals surface area (Å²) in [5.74, 6) is 0.119. The van der Waals surface area contributed by atoms with E-state index in [1.807, 2.05) is 39.0 Å². The molecule has 42 heavy (non-hydrogen) atoms. The molecule has 0 aliphatic heterocycles. The maximum absolute atomic E-state index is 12.5. The van der Waals surface area contributed by atoms with Crippen LogP contribution in [0.25, 0.3) is 55.3 Å². The van der Waals surface area contributed by atoms with Crippen molar-refractivity contribution >= 4 is 55.5 Å². The van der Waals surface area contributed by atoms with Crippen LogP contribution in [-0.2, 0) is 4.74 Å². The van der Waals surface area contributed by atoms with E-state index in [0.717, 1.165) is 77.0 Å². The third-order valence-electron chi connectivity index (χ3n) is 7.65. The number of benzene rings is 4. The molecule has 0 fully saturated rings. The maximum Gasteiger partial charge on any atom is 0.338 e. The van der Waals surface area contributed by atoms with E-state index in [9.17, 15) is 4.79 Å². The molecular weight excluding hydrogens is 524 g/mol. The molecule has 216 valence electrons. The first-order chi connectivity index (χ1) is 20.3. The molecule has 0 spiro atoms. The molecular formula is C36H38N2O4. The first kappa shape index (κ1) is 27.8. The second kappa shape index (κ2) is 11.2. The highest BCUT2D eigenvalue weighted by molar-refractivity contribution is 6.28. The number of hydrogen-bond acceptors (Lipinski definition) is 6. The molecule has 0 radical (unpaired) electrons. The first-order valence-corrected chi connectivity index (χ1v) is 15.0. The largest absolute Gasteiger partial charge is 0.456 e. The van der Waals surface area contributed by atoms with Crippen LogP contribution in [0.4, 0.5) is 5.69 Å². The van der Waals surface area contributed by atoms with Crippen LogP contribution in [0.5, 0.6) is 0 Å². The van der Waals surface area contributed by atoms with E-state index < -0.39 is 5.60 Å². The molecule has 2 aromatic heterocycles. The third-order valence-corrected chi connectivity index (χ3v) is 7.65. The molecule has 6 heteroatoms. The minimum atomic E-state index is -0.556. The van der Waals surface area contributed by atoms with Gasteiger partial charge >= 0.3 is 5.97 Å². The lowest BCUT2D eigenvalue weighted by atomic mass is 10.0. The van der Waals surface area contributed by atoms with Crippen molar-refractivity contribution < 1.29 is 18.4 Å². The van der Waals surface area contributed by atoms with Gasteiger partial charge in [0.25, 0.3) is 0 Å². The SMILES string of the molecule is CCCCN(CCCC)c1ccc2c(c1)oc1c3oc(-c4ccc(C(=O)OC(C)(C)C)cc4)nc3c3ccccc3c21. The van der Waals surface area contributed by atoms with E-state index in [1.165, 1.54) is 5.69 Å². The van der Waals surface area contributed by atoms with E-state index in [0.29, 0.717) is 22.6 Å². The Morgan fingerprint density at radius 1 is 0.833 bits per heavy atom. The molecule has 6 rings (SSSR count). The summed E-state index contributed by atoms with van der Waals surface area (Å²) in [7, 11) is 0. The number of furan rings is 1. The predicted molar refractivity (Wildman–Crippen MR) is 171 cm³/mol. The number of oxazole rings is 1. The monoisotopic (exact) mass is 562 g/mol. The van der Waals surface area contributed by atoms with Crippen molar-refractivity contribution in [1.29, 1.82) is 0 Å². The topological polar surface area (TPSA) is 68.7 Å². The van der Waals surface area contributed by atoms with Crippen LogP contribution in [0.3, 0.4) is 0 Å². The standard InChI is InChI=1S/C36H38N2O4/c1-6-8-20-38(21-9-7-2)25-18-19-28-29(22-25)40-32-30(28)26-12-10-11-13-27(26)31-33(32)41-34(37-31)23-14-16-24(17-15-23)35(39)42-36(3,4)5/h10-19,22H,6-9,20-21H2,1-5H3. The van der Waals surface area contributed by atoms with Gasteiger partial charge in [-0.1, -0.05) is 51.0 Å². The van der Waals surface area contributed by atoms with Crippen LogP contribution in [0.15, 0.2) is 75.6 Å². The Morgan fingerprint density at radius 3 is 2.19 bits per heavy atom. The zero-order valence-corrected chi connectivity index (χ0v) is 25.1. The van der Waals surface area contributed by atoms with Gasteiger partial charge in [-0.15, -0.1) is 0 Å². The first-order valence-electron chi connectivity index (χ1n) is 15.0. The van der Waals surface area contributed by atoms with Crippen LogP contribution >= 0.6 is 0 Å². The number of nitrogens with zero attached hydrogens (tertiary/aromatic N) is 2. The number of carbonyl (C=O) groups excluding carboxylic acids is 1. The molecule has 0 atom stereocenters. The highest BCUT2D eigenvalue weighted by atomic mass is 16.6. The molecule has 6 aromatic rings. The van der Waals surface area contributed by atoms with Gasteiger partial charge in [-0.05, 0) is 75.4 Å². The van der Waals surface area contributed by atoms with Crippen molar-refractivity contribution in [3.63, 3.8) is 0 Å². The van der Waals surface area contributed by atoms with Crippen molar-refractivity contribution in [1.82, 2.24) is 4.98 Å². The van der Waals surface area contributed by atoms with E-state index >= 15 is 0 Å². The molecule has 0 amide bonds. The van der Waals surface area contributed by atoms with Crippen molar-refractivity contribution in [2.45, 2.75) is 65.9 Å². The molecule has 6 nitrogen and oxygen atoms in total. The van der Waals surface area contributed by atoms with Crippen LogP contribution in [0.2, 0.25) is 0 Å². The molecule has 0 saturated heterocycles. The highest BCUT2D eigenvalue weighted by Gasteiger charge is 2.22. The zero-order valence-electron chi connectivity index (χ0n) is 25.1. The fourth-order valence-electron chi connectivity index (χ4n) is 5.55. The molecule has 2 heterocycles. The van der Waals surface area contributed by atoms with Gasteiger partial charge in [-0.3, -0.25) is 0 Å². The van der Waals surface area contributed by atoms with E-state index in [2.05, 4.69) is 55.1 Å². The number of aromatic nitrogens is 1. The Balaban J connectivity index is 1.47. The van der Waals surface area contributed by atoms with Gasteiger partial charge in [0.05, 0.1) is 5.56 Å².